The van der Waals surface area contributed by atoms with Gasteiger partial charge in [0.15, 0.2) is 11.8 Å². The van der Waals surface area contributed by atoms with Gasteiger partial charge in [0, 0.05) is 17.4 Å². The molecule has 1 aliphatic carbocycles. The topological polar surface area (TPSA) is 74.2 Å². The third-order valence-electron chi connectivity index (χ3n) is 6.06. The number of ether oxygens (including phenoxy) is 3. The molecular formula is C28H35NO5S. The van der Waals surface area contributed by atoms with Crippen molar-refractivity contribution in [1.29, 1.82) is 0 Å². The van der Waals surface area contributed by atoms with Crippen LogP contribution in [0.1, 0.15) is 40.2 Å². The summed E-state index contributed by atoms with van der Waals surface area (Å²) < 4.78 is 16.8. The van der Waals surface area contributed by atoms with Crippen LogP contribution in [-0.2, 0) is 20.7 Å². The van der Waals surface area contributed by atoms with Gasteiger partial charge in [-0.1, -0.05) is 44.2 Å². The second kappa shape index (κ2) is 11.3. The number of esters is 1. The molecule has 6 nitrogen and oxygen atoms in total. The zero-order chi connectivity index (χ0) is 25.8. The Morgan fingerprint density at radius 3 is 2.20 bits per heavy atom. The molecule has 7 heteroatoms. The number of hydrogen-bond donors (Lipinski definition) is 0. The molecule has 2 aromatic rings. The van der Waals surface area contributed by atoms with E-state index >= 15 is 0 Å². The standard InChI is InChI=1S/C28H35NO5S/c1-8-34-27(31)20(29-25-24(35-17(2)3)26(30)28(25,4)5)14-18-15-21(32-6)23(22(16-18)33-7)19-12-10-9-11-13-19/h9-13,15-17,20,24H,8,14H2,1-7H3/t20-,24?/m0/s1. The minimum absolute atomic E-state index is 0.146. The molecule has 2 aromatic carbocycles. The van der Waals surface area contributed by atoms with Crippen LogP contribution in [0.2, 0.25) is 0 Å². The maximum atomic E-state index is 13.0. The number of nitrogens with zero attached hydrogens (tertiary/aromatic N) is 1. The van der Waals surface area contributed by atoms with Gasteiger partial charge in [-0.15, -0.1) is 11.8 Å². The molecule has 0 saturated heterocycles. The van der Waals surface area contributed by atoms with E-state index in [1.165, 1.54) is 0 Å². The molecule has 2 atom stereocenters. The van der Waals surface area contributed by atoms with Crippen LogP contribution in [0.4, 0.5) is 0 Å². The Hall–Kier alpha value is -2.80. The Balaban J connectivity index is 2.02. The fourth-order valence-electron chi connectivity index (χ4n) is 4.24. The number of hydrogen-bond acceptors (Lipinski definition) is 7. The van der Waals surface area contributed by atoms with Gasteiger partial charge in [-0.3, -0.25) is 9.79 Å². The van der Waals surface area contributed by atoms with E-state index in [2.05, 4.69) is 13.8 Å². The highest BCUT2D eigenvalue weighted by Gasteiger charge is 2.54. The van der Waals surface area contributed by atoms with Crippen molar-refractivity contribution in [3.8, 4) is 22.6 Å². The maximum absolute atomic E-state index is 13.0. The van der Waals surface area contributed by atoms with Gasteiger partial charge in [0.05, 0.1) is 31.8 Å². The normalized spacial score (nSPS) is 18.8. The number of carbonyl (C=O) groups excluding carboxylic acids is 2. The van der Waals surface area contributed by atoms with Gasteiger partial charge in [0.2, 0.25) is 0 Å². The molecule has 1 unspecified atom stereocenters. The van der Waals surface area contributed by atoms with Gasteiger partial charge in [0.1, 0.15) is 16.7 Å². The van der Waals surface area contributed by atoms with Crippen molar-refractivity contribution in [3.63, 3.8) is 0 Å². The van der Waals surface area contributed by atoms with Crippen LogP contribution >= 0.6 is 11.8 Å². The molecule has 1 saturated carbocycles. The second-order valence-corrected chi connectivity index (χ2v) is 11.0. The molecule has 0 heterocycles. The van der Waals surface area contributed by atoms with Crippen LogP contribution in [0.5, 0.6) is 11.5 Å². The van der Waals surface area contributed by atoms with Crippen LogP contribution in [0.3, 0.4) is 0 Å². The first-order valence-electron chi connectivity index (χ1n) is 11.9. The zero-order valence-electron chi connectivity index (χ0n) is 21.6. The Morgan fingerprint density at radius 1 is 1.09 bits per heavy atom. The number of ketones is 1. The van der Waals surface area contributed by atoms with E-state index in [1.807, 2.05) is 56.3 Å². The predicted octanol–water partition coefficient (Wildman–Crippen LogP) is 5.41. The minimum atomic E-state index is -0.774. The number of aliphatic imine (C=N–C) groups is 1. The predicted molar refractivity (Wildman–Crippen MR) is 142 cm³/mol. The Labute approximate surface area is 212 Å². The first-order chi connectivity index (χ1) is 16.6. The lowest BCUT2D eigenvalue weighted by atomic mass is 9.68. The summed E-state index contributed by atoms with van der Waals surface area (Å²) in [6.07, 6.45) is 0.299. The van der Waals surface area contributed by atoms with Gasteiger partial charge in [0.25, 0.3) is 0 Å². The zero-order valence-corrected chi connectivity index (χ0v) is 22.4. The van der Waals surface area contributed by atoms with E-state index in [1.54, 1.807) is 32.9 Å². The quantitative estimate of drug-likeness (QED) is 0.409. The molecule has 1 fully saturated rings. The van der Waals surface area contributed by atoms with Crippen molar-refractivity contribution in [2.24, 2.45) is 10.4 Å². The number of methoxy groups -OCH3 is 2. The number of benzene rings is 2. The molecular weight excluding hydrogens is 462 g/mol. The van der Waals surface area contributed by atoms with Crippen molar-refractivity contribution in [1.82, 2.24) is 0 Å². The van der Waals surface area contributed by atoms with Crippen molar-refractivity contribution in [3.05, 3.63) is 48.0 Å². The molecule has 1 aliphatic rings. The first kappa shape index (κ1) is 26.8. The number of carbonyl (C=O) groups is 2. The third-order valence-corrected chi connectivity index (χ3v) is 7.32. The molecule has 0 bridgehead atoms. The van der Waals surface area contributed by atoms with Gasteiger partial charge in [-0.25, -0.2) is 4.79 Å². The van der Waals surface area contributed by atoms with Crippen LogP contribution < -0.4 is 9.47 Å². The summed E-state index contributed by atoms with van der Waals surface area (Å²) in [5, 5.41) is -0.0585. The molecule has 35 heavy (non-hydrogen) atoms. The number of thioether (sulfide) groups is 1. The molecule has 0 amide bonds. The summed E-state index contributed by atoms with van der Waals surface area (Å²) >= 11 is 1.57. The van der Waals surface area contributed by atoms with E-state index in [9.17, 15) is 9.59 Å². The average molecular weight is 498 g/mol. The summed E-state index contributed by atoms with van der Waals surface area (Å²) in [5.41, 5.74) is 2.70. The summed E-state index contributed by atoms with van der Waals surface area (Å²) in [7, 11) is 3.23. The highest BCUT2D eigenvalue weighted by atomic mass is 32.2. The molecule has 0 spiro atoms. The highest BCUT2D eigenvalue weighted by molar-refractivity contribution is 8.02. The SMILES string of the molecule is CCOC(=O)[C@H](Cc1cc(OC)c(-c2ccccc2)c(OC)c1)N=C1C(SC(C)C)C(=O)C1(C)C. The smallest absolute Gasteiger partial charge is 0.331 e. The fourth-order valence-corrected chi connectivity index (χ4v) is 5.69. The number of rotatable bonds is 10. The Bertz CT molecular complexity index is 1070. The summed E-state index contributed by atoms with van der Waals surface area (Å²) in [6, 6.07) is 12.9. The lowest BCUT2D eigenvalue weighted by Gasteiger charge is -2.43. The second-order valence-electron chi connectivity index (χ2n) is 9.28. The number of Topliss-reactive ketones (excluding diaryl/α,β-unsaturated/α-hetero) is 1. The lowest BCUT2D eigenvalue weighted by Crippen LogP contribution is -2.58. The van der Waals surface area contributed by atoms with Crippen molar-refractivity contribution >= 4 is 29.2 Å². The molecule has 0 radical (unpaired) electrons. The Morgan fingerprint density at radius 2 is 1.69 bits per heavy atom. The van der Waals surface area contributed by atoms with Crippen LogP contribution in [0.15, 0.2) is 47.5 Å². The van der Waals surface area contributed by atoms with Crippen molar-refractivity contribution in [2.75, 3.05) is 20.8 Å². The van der Waals surface area contributed by atoms with Crippen LogP contribution in [0.25, 0.3) is 11.1 Å². The van der Waals surface area contributed by atoms with Crippen LogP contribution in [-0.4, -0.2) is 54.8 Å². The monoisotopic (exact) mass is 497 g/mol. The molecule has 0 aromatic heterocycles. The Kier molecular flexibility index (Phi) is 8.65. The van der Waals surface area contributed by atoms with E-state index in [-0.39, 0.29) is 22.9 Å². The summed E-state index contributed by atoms with van der Waals surface area (Å²) in [6.45, 7) is 9.87. The lowest BCUT2D eigenvalue weighted by molar-refractivity contribution is -0.144. The minimum Gasteiger partial charge on any atom is -0.496 e. The van der Waals surface area contributed by atoms with Gasteiger partial charge < -0.3 is 14.2 Å². The molecule has 0 aliphatic heterocycles. The van der Waals surface area contributed by atoms with Crippen molar-refractivity contribution in [2.45, 2.75) is 57.6 Å². The van der Waals surface area contributed by atoms with Crippen molar-refractivity contribution < 1.29 is 23.8 Å². The molecule has 3 rings (SSSR count). The van der Waals surface area contributed by atoms with E-state index in [4.69, 9.17) is 19.2 Å². The molecule has 188 valence electrons. The van der Waals surface area contributed by atoms with Crippen LogP contribution in [0, 0.1) is 5.41 Å². The largest absolute Gasteiger partial charge is 0.496 e. The third kappa shape index (κ3) is 5.72. The van der Waals surface area contributed by atoms with E-state index in [0.29, 0.717) is 17.9 Å². The summed E-state index contributed by atoms with van der Waals surface area (Å²) in [4.78, 5) is 30.6. The first-order valence-corrected chi connectivity index (χ1v) is 12.8. The van der Waals surface area contributed by atoms with Gasteiger partial charge >= 0.3 is 5.97 Å². The van der Waals surface area contributed by atoms with Gasteiger partial charge in [-0.05, 0) is 44.0 Å². The maximum Gasteiger partial charge on any atom is 0.331 e. The van der Waals surface area contributed by atoms with E-state index in [0.717, 1.165) is 22.4 Å². The summed E-state index contributed by atoms with van der Waals surface area (Å²) in [5.74, 6) is 1.03. The fraction of sp³-hybridized carbons (Fsp3) is 0.464. The molecule has 0 N–H and O–H groups in total. The van der Waals surface area contributed by atoms with Gasteiger partial charge in [-0.2, -0.15) is 0 Å². The van der Waals surface area contributed by atoms with E-state index < -0.39 is 17.4 Å². The average Bonchev–Trinajstić information content (AvgIpc) is 2.84. The highest BCUT2D eigenvalue weighted by Crippen LogP contribution is 2.43.